The number of carbonyl (C=O) groups excluding carboxylic acids is 9. The molecule has 0 saturated carbocycles. The molecule has 2 aromatic carbocycles. The van der Waals surface area contributed by atoms with Gasteiger partial charge in [0.1, 0.15) is 48.0 Å². The summed E-state index contributed by atoms with van der Waals surface area (Å²) in [5.41, 5.74) is 30.5. The topological polar surface area (TPSA) is 481 Å². The molecule has 4 aromatic rings. The molecule has 448 valence electrons. The summed E-state index contributed by atoms with van der Waals surface area (Å²) in [5, 5.41) is 42.5. The number of carbonyl (C=O) groups is 9. The minimum atomic E-state index is -1.45. The lowest BCUT2D eigenvalue weighted by Crippen LogP contribution is -2.60. The predicted octanol–water partition coefficient (Wildman–Crippen LogP) is -2.71. The molecule has 28 heteroatoms. The number of guanidine groups is 1. The van der Waals surface area contributed by atoms with Crippen LogP contribution in [0.25, 0.3) is 10.9 Å². The molecule has 0 aliphatic heterocycles. The van der Waals surface area contributed by atoms with Crippen LogP contribution in [0, 0.1) is 5.41 Å². The first-order valence-electron chi connectivity index (χ1n) is 27.5. The monoisotopic (exact) mass is 1140 g/mol. The Balaban J connectivity index is 1.65. The number of aromatic hydroxyl groups is 1. The van der Waals surface area contributed by atoms with Crippen molar-refractivity contribution < 1.29 is 48.3 Å². The first-order chi connectivity index (χ1) is 39.3. The van der Waals surface area contributed by atoms with Crippen LogP contribution in [0.4, 0.5) is 0 Å². The fourth-order valence-electron chi connectivity index (χ4n) is 8.87. The molecule has 0 fully saturated rings. The molecule has 7 atom stereocenters. The maximum absolute atomic E-state index is 14.7. The Morgan fingerprint density at radius 2 is 1.06 bits per heavy atom. The number of aromatic amines is 2. The van der Waals surface area contributed by atoms with Crippen LogP contribution in [0.2, 0.25) is 0 Å². The Morgan fingerprint density at radius 3 is 1.60 bits per heavy atom. The largest absolute Gasteiger partial charge is 0.508 e. The van der Waals surface area contributed by atoms with Crippen molar-refractivity contribution in [3.63, 3.8) is 0 Å². The second kappa shape index (κ2) is 35.2. The molecular formula is C54H82N18O10. The van der Waals surface area contributed by atoms with Gasteiger partial charge in [-0.3, -0.25) is 48.6 Å². The summed E-state index contributed by atoms with van der Waals surface area (Å²) in [5.74, 6) is -7.18. The Morgan fingerprint density at radius 1 is 0.561 bits per heavy atom. The van der Waals surface area contributed by atoms with Gasteiger partial charge in [0.05, 0.1) is 18.6 Å². The number of nitrogens with one attached hydrogen (secondary N) is 12. The highest BCUT2D eigenvalue weighted by molar-refractivity contribution is 5.98. The van der Waals surface area contributed by atoms with Crippen LogP contribution in [0.3, 0.4) is 0 Å². The highest BCUT2D eigenvalue weighted by Crippen LogP contribution is 2.20. The molecular weight excluding hydrogens is 1060 g/mol. The van der Waals surface area contributed by atoms with Crippen LogP contribution < -0.4 is 76.5 Å². The SMILES string of the molecule is CC(=O)N[C@@H](CCCCN)C(=O)NCC(=O)N[C@@H](Cc1c[nH]c2ccccc12)C(=O)N[C@@H](CCCCN)C(=O)N[C@@H](CCCNC(=N)N)C(=O)N[C@@H](Cc1ccc(O)cc1)C(=O)N[C@@H](Cc1c[nH]cn1)C(=O)N[C@@H](CCCCN)C(N)=O. The van der Waals surface area contributed by atoms with E-state index in [1.165, 1.54) is 43.7 Å². The number of hydrogen-bond acceptors (Lipinski definition) is 15. The molecule has 2 heterocycles. The molecule has 2 aromatic heterocycles. The molecule has 9 amide bonds. The Labute approximate surface area is 475 Å². The van der Waals surface area contributed by atoms with Gasteiger partial charge in [0, 0.05) is 56.0 Å². The van der Waals surface area contributed by atoms with E-state index in [4.69, 9.17) is 34.1 Å². The van der Waals surface area contributed by atoms with Crippen LogP contribution in [0.1, 0.15) is 94.4 Å². The Bertz CT molecular complexity index is 2720. The van der Waals surface area contributed by atoms with Crippen LogP contribution in [-0.2, 0) is 62.4 Å². The fraction of sp³-hybridized carbons (Fsp3) is 0.500. The lowest BCUT2D eigenvalue weighted by Gasteiger charge is -2.28. The van der Waals surface area contributed by atoms with Gasteiger partial charge in [-0.15, -0.1) is 0 Å². The zero-order valence-electron chi connectivity index (χ0n) is 46.3. The summed E-state index contributed by atoms with van der Waals surface area (Å²) in [6, 6.07) is 4.13. The van der Waals surface area contributed by atoms with Crippen molar-refractivity contribution in [3.05, 3.63) is 84.1 Å². The third-order valence-corrected chi connectivity index (χ3v) is 13.2. The van der Waals surface area contributed by atoms with Crippen LogP contribution in [0.5, 0.6) is 5.75 Å². The van der Waals surface area contributed by atoms with Crippen molar-refractivity contribution in [2.24, 2.45) is 28.7 Å². The van der Waals surface area contributed by atoms with Crippen molar-refractivity contribution in [1.82, 2.24) is 62.8 Å². The second-order valence-corrected chi connectivity index (χ2v) is 19.8. The second-order valence-electron chi connectivity index (χ2n) is 19.8. The number of aromatic nitrogens is 3. The van der Waals surface area contributed by atoms with E-state index in [1.54, 1.807) is 12.3 Å². The first kappa shape index (κ1) is 65.9. The van der Waals surface area contributed by atoms with Gasteiger partial charge in [0.2, 0.25) is 53.2 Å². The molecule has 0 unspecified atom stereocenters. The van der Waals surface area contributed by atoms with Gasteiger partial charge in [0.15, 0.2) is 5.96 Å². The number of rotatable bonds is 38. The minimum Gasteiger partial charge on any atom is -0.508 e. The molecule has 4 rings (SSSR count). The van der Waals surface area contributed by atoms with E-state index in [9.17, 15) is 48.3 Å². The van der Waals surface area contributed by atoms with Gasteiger partial charge in [0.25, 0.3) is 0 Å². The number of H-pyrrole nitrogens is 2. The summed E-state index contributed by atoms with van der Waals surface area (Å²) in [7, 11) is 0. The zero-order chi connectivity index (χ0) is 60.0. The third-order valence-electron chi connectivity index (χ3n) is 13.2. The van der Waals surface area contributed by atoms with Gasteiger partial charge in [-0.05, 0) is 120 Å². The number of benzene rings is 2. The molecule has 28 nitrogen and oxygen atoms in total. The standard InChI is InChI=1S/C54H82N18O10/c1-32(73)66-40(14-5-8-22-56)48(77)64-30-46(75)67-44(26-34-28-63-38-12-3-2-11-37(34)38)52(81)70-41(15-6-9-23-57)49(78)69-42(16-10-24-62-54(59)60)50(79)71-43(25-33-17-19-36(74)20-18-33)51(80)72-45(27-35-29-61-31-65-35)53(82)68-39(47(58)76)13-4-7-21-55/h2-3,11-12,17-20,28-29,31,39-45,63,74H,4-10,13-16,21-27,30,55-57H2,1H3,(H2,58,76)(H,61,65)(H,64,77)(H,66,73)(H,67,75)(H,68,82)(H,69,78)(H,70,81)(H,71,79)(H,72,80)(H4,59,60,62)/t39-,40-,41-,42-,43-,44-,45-/m0/s1. The van der Waals surface area contributed by atoms with Crippen molar-refractivity contribution in [2.75, 3.05) is 32.7 Å². The zero-order valence-corrected chi connectivity index (χ0v) is 46.3. The van der Waals surface area contributed by atoms with E-state index in [2.05, 4.69) is 62.8 Å². The number of phenolic OH excluding ortho intramolecular Hbond substituents is 1. The van der Waals surface area contributed by atoms with Crippen molar-refractivity contribution in [2.45, 2.75) is 139 Å². The smallest absolute Gasteiger partial charge is 0.243 e. The third kappa shape index (κ3) is 23.2. The molecule has 23 N–H and O–H groups in total. The highest BCUT2D eigenvalue weighted by atomic mass is 16.3. The molecule has 0 spiro atoms. The van der Waals surface area contributed by atoms with Gasteiger partial charge < -0.3 is 91.6 Å². The number of phenols is 1. The number of nitrogens with two attached hydrogens (primary N) is 5. The maximum atomic E-state index is 14.7. The van der Waals surface area contributed by atoms with E-state index in [0.29, 0.717) is 68.4 Å². The van der Waals surface area contributed by atoms with E-state index >= 15 is 0 Å². The average Bonchev–Trinajstić information content (AvgIpc) is 4.17. The Kier molecular flexibility index (Phi) is 28.3. The normalized spacial score (nSPS) is 13.6. The number of para-hydroxylation sites is 1. The molecule has 82 heavy (non-hydrogen) atoms. The van der Waals surface area contributed by atoms with Crippen LogP contribution >= 0.6 is 0 Å². The summed E-state index contributed by atoms with van der Waals surface area (Å²) in [6.45, 7) is 1.74. The number of fused-ring (bicyclic) bond motifs is 1. The minimum absolute atomic E-state index is 0.0163. The van der Waals surface area contributed by atoms with Crippen LogP contribution in [0.15, 0.2) is 67.3 Å². The lowest BCUT2D eigenvalue weighted by atomic mass is 10.0. The molecule has 0 bridgehead atoms. The molecule has 0 aliphatic carbocycles. The van der Waals surface area contributed by atoms with Crippen LogP contribution in [-0.4, -0.2) is 154 Å². The summed E-state index contributed by atoms with van der Waals surface area (Å²) in [4.78, 5) is 134. The quantitative estimate of drug-likeness (QED) is 0.0123. The van der Waals surface area contributed by atoms with E-state index in [-0.39, 0.29) is 76.2 Å². The van der Waals surface area contributed by atoms with Gasteiger partial charge in [-0.2, -0.15) is 0 Å². The highest BCUT2D eigenvalue weighted by Gasteiger charge is 2.34. The van der Waals surface area contributed by atoms with E-state index < -0.39 is 102 Å². The van der Waals surface area contributed by atoms with E-state index in [1.807, 2.05) is 18.2 Å². The van der Waals surface area contributed by atoms with Gasteiger partial charge in [-0.25, -0.2) is 4.98 Å². The number of imidazole rings is 1. The van der Waals surface area contributed by atoms with E-state index in [0.717, 1.165) is 10.9 Å². The molecule has 0 saturated heterocycles. The fourth-order valence-corrected chi connectivity index (χ4v) is 8.87. The Hall–Kier alpha value is -8.63. The van der Waals surface area contributed by atoms with Crippen molar-refractivity contribution in [3.8, 4) is 5.75 Å². The number of hydrogen-bond donors (Lipinski definition) is 18. The number of unbranched alkanes of at least 4 members (excludes halogenated alkanes) is 3. The maximum Gasteiger partial charge on any atom is 0.243 e. The first-order valence-corrected chi connectivity index (χ1v) is 27.5. The van der Waals surface area contributed by atoms with Crippen molar-refractivity contribution >= 4 is 70.0 Å². The van der Waals surface area contributed by atoms with Crippen molar-refractivity contribution in [1.29, 1.82) is 5.41 Å². The molecule has 0 radical (unpaired) electrons. The number of nitrogens with zero attached hydrogens (tertiary/aromatic N) is 1. The average molecular weight is 1140 g/mol. The summed E-state index contributed by atoms with van der Waals surface area (Å²) >= 11 is 0. The van der Waals surface area contributed by atoms with Gasteiger partial charge >= 0.3 is 0 Å². The van der Waals surface area contributed by atoms with Gasteiger partial charge in [-0.1, -0.05) is 30.3 Å². The lowest BCUT2D eigenvalue weighted by molar-refractivity contribution is -0.135. The predicted molar refractivity (Wildman–Crippen MR) is 305 cm³/mol. The molecule has 0 aliphatic rings. The summed E-state index contributed by atoms with van der Waals surface area (Å²) < 4.78 is 0. The number of primary amides is 1. The summed E-state index contributed by atoms with van der Waals surface area (Å²) in [6.07, 6.45) is 7.57. The number of amides is 9.